The van der Waals surface area contributed by atoms with Gasteiger partial charge in [-0.3, -0.25) is 4.79 Å². The van der Waals surface area contributed by atoms with Gasteiger partial charge in [0, 0.05) is 5.56 Å². The second-order valence-corrected chi connectivity index (χ2v) is 5.07. The maximum atomic E-state index is 10.5. The standard InChI is InChI=1S/C11H8O.C10H8/c12-8-9-5-6-10-3-1-2-4-11(10)7-9;1-2-6-10-8-4-3-7-9(10)5-1/h1-8H;1-8H. The van der Waals surface area contributed by atoms with Crippen LogP contribution in [-0.2, 0) is 0 Å². The summed E-state index contributed by atoms with van der Waals surface area (Å²) in [5, 5.41) is 4.90. The molecule has 0 spiro atoms. The van der Waals surface area contributed by atoms with Gasteiger partial charge in [0.25, 0.3) is 0 Å². The molecule has 22 heavy (non-hydrogen) atoms. The van der Waals surface area contributed by atoms with Crippen LogP contribution >= 0.6 is 0 Å². The van der Waals surface area contributed by atoms with Gasteiger partial charge in [0.15, 0.2) is 0 Å². The maximum Gasteiger partial charge on any atom is 0.150 e. The Balaban J connectivity index is 0.000000133. The molecule has 0 aliphatic heterocycles. The fourth-order valence-electron chi connectivity index (χ4n) is 2.41. The maximum absolute atomic E-state index is 10.5. The Morgan fingerprint density at radius 2 is 0.909 bits per heavy atom. The van der Waals surface area contributed by atoms with Crippen molar-refractivity contribution >= 4 is 27.8 Å². The monoisotopic (exact) mass is 284 g/mol. The van der Waals surface area contributed by atoms with Crippen LogP contribution in [-0.4, -0.2) is 6.29 Å². The average molecular weight is 284 g/mol. The second-order valence-electron chi connectivity index (χ2n) is 5.07. The SMILES string of the molecule is O=Cc1ccc2ccccc2c1.c1ccc2ccccc2c1. The van der Waals surface area contributed by atoms with Gasteiger partial charge in [-0.15, -0.1) is 0 Å². The lowest BCUT2D eigenvalue weighted by molar-refractivity contribution is 0.112. The lowest BCUT2D eigenvalue weighted by Gasteiger charge is -1.96. The van der Waals surface area contributed by atoms with Crippen molar-refractivity contribution < 1.29 is 4.79 Å². The van der Waals surface area contributed by atoms with Gasteiger partial charge in [0.2, 0.25) is 0 Å². The Hall–Kier alpha value is -2.93. The van der Waals surface area contributed by atoms with Gasteiger partial charge >= 0.3 is 0 Å². The molecule has 0 unspecified atom stereocenters. The van der Waals surface area contributed by atoms with Crippen molar-refractivity contribution in [3.63, 3.8) is 0 Å². The number of carbonyl (C=O) groups excluding carboxylic acids is 1. The molecule has 0 bridgehead atoms. The number of rotatable bonds is 1. The van der Waals surface area contributed by atoms with E-state index in [2.05, 4.69) is 48.5 Å². The zero-order chi connectivity index (χ0) is 15.2. The van der Waals surface area contributed by atoms with E-state index in [9.17, 15) is 4.79 Å². The number of aldehydes is 1. The summed E-state index contributed by atoms with van der Waals surface area (Å²) < 4.78 is 0. The van der Waals surface area contributed by atoms with Crippen LogP contribution in [0.1, 0.15) is 10.4 Å². The fourth-order valence-corrected chi connectivity index (χ4v) is 2.41. The summed E-state index contributed by atoms with van der Waals surface area (Å²) in [6, 6.07) is 30.4. The molecule has 0 atom stereocenters. The van der Waals surface area contributed by atoms with Gasteiger partial charge < -0.3 is 0 Å². The van der Waals surface area contributed by atoms with Crippen molar-refractivity contribution in [2.24, 2.45) is 0 Å². The first-order chi connectivity index (χ1) is 10.9. The van der Waals surface area contributed by atoms with Crippen LogP contribution in [0.2, 0.25) is 0 Å². The molecule has 1 nitrogen and oxygen atoms in total. The number of carbonyl (C=O) groups is 1. The molecule has 0 aromatic heterocycles. The molecular formula is C21H16O. The van der Waals surface area contributed by atoms with Gasteiger partial charge in [-0.2, -0.15) is 0 Å². The first kappa shape index (κ1) is 14.0. The van der Waals surface area contributed by atoms with Crippen molar-refractivity contribution in [1.29, 1.82) is 0 Å². The van der Waals surface area contributed by atoms with E-state index in [1.807, 2.05) is 42.5 Å². The van der Waals surface area contributed by atoms with E-state index in [-0.39, 0.29) is 0 Å². The van der Waals surface area contributed by atoms with Gasteiger partial charge in [-0.05, 0) is 27.6 Å². The van der Waals surface area contributed by atoms with E-state index in [1.165, 1.54) is 16.2 Å². The van der Waals surface area contributed by atoms with E-state index in [1.54, 1.807) is 0 Å². The minimum Gasteiger partial charge on any atom is -0.298 e. The normalized spacial score (nSPS) is 10.0. The summed E-state index contributed by atoms with van der Waals surface area (Å²) in [6.07, 6.45) is 0.867. The lowest BCUT2D eigenvalue weighted by Crippen LogP contribution is -1.78. The zero-order valence-corrected chi connectivity index (χ0v) is 12.1. The highest BCUT2D eigenvalue weighted by molar-refractivity contribution is 5.88. The molecule has 1 heteroatoms. The molecule has 0 heterocycles. The van der Waals surface area contributed by atoms with Crippen LogP contribution in [0.4, 0.5) is 0 Å². The van der Waals surface area contributed by atoms with Gasteiger partial charge in [-0.25, -0.2) is 0 Å². The molecule has 106 valence electrons. The average Bonchev–Trinajstić information content (AvgIpc) is 2.62. The molecule has 0 saturated carbocycles. The Labute approximate surface area is 129 Å². The second kappa shape index (κ2) is 6.68. The largest absolute Gasteiger partial charge is 0.298 e. The fraction of sp³-hybridized carbons (Fsp3) is 0. The molecule has 4 rings (SSSR count). The van der Waals surface area contributed by atoms with Crippen molar-refractivity contribution in [2.45, 2.75) is 0 Å². The van der Waals surface area contributed by atoms with Gasteiger partial charge in [0.1, 0.15) is 6.29 Å². The van der Waals surface area contributed by atoms with E-state index in [4.69, 9.17) is 0 Å². The molecule has 0 N–H and O–H groups in total. The molecule has 0 radical (unpaired) electrons. The molecule has 0 aliphatic carbocycles. The predicted octanol–water partition coefficient (Wildman–Crippen LogP) is 5.49. The molecule has 4 aromatic carbocycles. The minimum atomic E-state index is 0.730. The predicted molar refractivity (Wildman–Crippen MR) is 93.3 cm³/mol. The smallest absolute Gasteiger partial charge is 0.150 e. The molecule has 0 saturated heterocycles. The Bertz CT molecular complexity index is 844. The van der Waals surface area contributed by atoms with Crippen molar-refractivity contribution in [1.82, 2.24) is 0 Å². The van der Waals surface area contributed by atoms with E-state index in [0.717, 1.165) is 17.2 Å². The third-order valence-corrected chi connectivity index (χ3v) is 3.57. The van der Waals surface area contributed by atoms with Gasteiger partial charge in [-0.1, -0.05) is 84.9 Å². The van der Waals surface area contributed by atoms with Crippen molar-refractivity contribution in [3.8, 4) is 0 Å². The summed E-state index contributed by atoms with van der Waals surface area (Å²) in [4.78, 5) is 10.5. The Morgan fingerprint density at radius 3 is 1.36 bits per heavy atom. The third kappa shape index (κ3) is 3.21. The summed E-state index contributed by atoms with van der Waals surface area (Å²) in [6.45, 7) is 0. The lowest BCUT2D eigenvalue weighted by atomic mass is 10.1. The topological polar surface area (TPSA) is 17.1 Å². The zero-order valence-electron chi connectivity index (χ0n) is 12.1. The van der Waals surface area contributed by atoms with E-state index >= 15 is 0 Å². The van der Waals surface area contributed by atoms with Crippen LogP contribution in [0.3, 0.4) is 0 Å². The summed E-state index contributed by atoms with van der Waals surface area (Å²) in [5.74, 6) is 0. The Morgan fingerprint density at radius 1 is 0.500 bits per heavy atom. The van der Waals surface area contributed by atoms with Crippen LogP contribution in [0, 0.1) is 0 Å². The summed E-state index contributed by atoms with van der Waals surface area (Å²) in [5.41, 5.74) is 0.730. The number of hydrogen-bond acceptors (Lipinski definition) is 1. The number of benzene rings is 4. The first-order valence-electron chi connectivity index (χ1n) is 7.24. The molecular weight excluding hydrogens is 268 g/mol. The minimum absolute atomic E-state index is 0.730. The van der Waals surface area contributed by atoms with Crippen LogP contribution in [0.15, 0.2) is 91.0 Å². The molecule has 0 amide bonds. The van der Waals surface area contributed by atoms with Crippen molar-refractivity contribution in [2.75, 3.05) is 0 Å². The molecule has 0 aliphatic rings. The van der Waals surface area contributed by atoms with Crippen LogP contribution in [0.25, 0.3) is 21.5 Å². The Kier molecular flexibility index (Phi) is 4.26. The summed E-state index contributed by atoms with van der Waals surface area (Å²) >= 11 is 0. The molecule has 0 fully saturated rings. The highest BCUT2D eigenvalue weighted by atomic mass is 16.1. The molecule has 4 aromatic rings. The number of fused-ring (bicyclic) bond motifs is 2. The first-order valence-corrected chi connectivity index (χ1v) is 7.24. The van der Waals surface area contributed by atoms with Crippen LogP contribution in [0.5, 0.6) is 0 Å². The third-order valence-electron chi connectivity index (χ3n) is 3.57. The summed E-state index contributed by atoms with van der Waals surface area (Å²) in [7, 11) is 0. The quantitative estimate of drug-likeness (QED) is 0.422. The van der Waals surface area contributed by atoms with E-state index < -0.39 is 0 Å². The number of hydrogen-bond donors (Lipinski definition) is 0. The van der Waals surface area contributed by atoms with Gasteiger partial charge in [0.05, 0.1) is 0 Å². The van der Waals surface area contributed by atoms with Crippen LogP contribution < -0.4 is 0 Å². The van der Waals surface area contributed by atoms with Crippen molar-refractivity contribution in [3.05, 3.63) is 96.6 Å². The van der Waals surface area contributed by atoms with E-state index in [0.29, 0.717) is 0 Å². The highest BCUT2D eigenvalue weighted by Crippen LogP contribution is 2.14. The highest BCUT2D eigenvalue weighted by Gasteiger charge is 1.92.